The van der Waals surface area contributed by atoms with E-state index in [4.69, 9.17) is 4.42 Å². The number of hydrogen-bond donors (Lipinski definition) is 1. The van der Waals surface area contributed by atoms with Crippen molar-refractivity contribution in [1.29, 1.82) is 0 Å². The van der Waals surface area contributed by atoms with E-state index < -0.39 is 0 Å². The van der Waals surface area contributed by atoms with Gasteiger partial charge in [0.1, 0.15) is 11.2 Å². The fourth-order valence-electron chi connectivity index (χ4n) is 11.7. The fraction of sp³-hybridized carbons (Fsp3) is 0.200. The lowest BCUT2D eigenvalue weighted by Crippen LogP contribution is -2.37. The van der Waals surface area contributed by atoms with E-state index in [1.54, 1.807) is 0 Å². The maximum absolute atomic E-state index is 6.55. The predicted octanol–water partition coefficient (Wildman–Crippen LogP) is 16.4. The maximum Gasteiger partial charge on any atom is 0.197 e. The van der Waals surface area contributed by atoms with Gasteiger partial charge in [-0.25, -0.2) is 0 Å². The molecule has 8 aromatic carbocycles. The third-order valence-electron chi connectivity index (χ3n) is 15.4. The quantitative estimate of drug-likeness (QED) is 0.179. The van der Waals surface area contributed by atoms with Gasteiger partial charge in [0.15, 0.2) is 7.28 Å². The zero-order valence-electron chi connectivity index (χ0n) is 38.4. The number of fused-ring (bicyclic) bond motifs is 16. The van der Waals surface area contributed by atoms with E-state index in [9.17, 15) is 0 Å². The van der Waals surface area contributed by atoms with Gasteiger partial charge in [-0.15, -0.1) is 22.7 Å². The van der Waals surface area contributed by atoms with Crippen LogP contribution in [0, 0.1) is 0 Å². The molecule has 3 nitrogen and oxygen atoms in total. The number of furan rings is 1. The lowest BCUT2D eigenvalue weighted by Gasteiger charge is -2.41. The van der Waals surface area contributed by atoms with E-state index in [0.29, 0.717) is 0 Å². The summed E-state index contributed by atoms with van der Waals surface area (Å²) < 4.78 is 14.4. The topological polar surface area (TPSA) is 30.1 Å². The van der Waals surface area contributed by atoms with Crippen LogP contribution in [0.25, 0.3) is 101 Å². The summed E-state index contributed by atoms with van der Waals surface area (Å²) in [6.07, 6.45) is 2.39. The number of nitrogens with one attached hydrogen (secondary N) is 1. The van der Waals surface area contributed by atoms with Crippen LogP contribution < -0.4 is 16.2 Å². The van der Waals surface area contributed by atoms with Gasteiger partial charge in [0.2, 0.25) is 0 Å². The van der Waals surface area contributed by atoms with Crippen LogP contribution >= 0.6 is 22.7 Å². The molecule has 1 N–H and O–H groups in total. The molecule has 1 aliphatic carbocycles. The molecule has 1 radical (unpaired) electrons. The molecule has 12 aromatic rings. The maximum atomic E-state index is 6.55. The number of rotatable bonds is 3. The van der Waals surface area contributed by atoms with Crippen LogP contribution in [0.15, 0.2) is 138 Å². The summed E-state index contributed by atoms with van der Waals surface area (Å²) in [6, 6.07) is 50.6. The van der Waals surface area contributed by atoms with Gasteiger partial charge in [-0.3, -0.25) is 0 Å². The van der Waals surface area contributed by atoms with Gasteiger partial charge in [-0.1, -0.05) is 121 Å². The number of nitrogens with zero attached hydrogens (tertiary/aromatic N) is 1. The summed E-state index contributed by atoms with van der Waals surface area (Å²) in [5, 5.41) is 14.1. The minimum atomic E-state index is 0.0693. The van der Waals surface area contributed by atoms with Crippen LogP contribution in [-0.2, 0) is 16.2 Å². The Balaban J connectivity index is 1.08. The Kier molecular flexibility index (Phi) is 7.77. The molecule has 2 aliphatic rings. The molecular formula is C60H48BN2OS2. The Labute approximate surface area is 392 Å². The van der Waals surface area contributed by atoms with Crippen molar-refractivity contribution in [1.82, 2.24) is 4.57 Å². The predicted molar refractivity (Wildman–Crippen MR) is 288 cm³/mol. The molecule has 0 bridgehead atoms. The van der Waals surface area contributed by atoms with E-state index in [-0.39, 0.29) is 16.2 Å². The molecule has 0 fully saturated rings. The second kappa shape index (κ2) is 13.2. The van der Waals surface area contributed by atoms with Gasteiger partial charge in [0.25, 0.3) is 0 Å². The van der Waals surface area contributed by atoms with E-state index in [1.165, 1.54) is 125 Å². The Morgan fingerprint density at radius 1 is 0.576 bits per heavy atom. The molecule has 0 atom stereocenters. The molecule has 0 saturated carbocycles. The van der Waals surface area contributed by atoms with Gasteiger partial charge < -0.3 is 14.3 Å². The van der Waals surface area contributed by atoms with Crippen LogP contribution in [0.3, 0.4) is 0 Å². The number of thiophene rings is 2. The van der Waals surface area contributed by atoms with Gasteiger partial charge in [-0.05, 0) is 129 Å². The van der Waals surface area contributed by atoms with Gasteiger partial charge in [0, 0.05) is 84.6 Å². The minimum Gasteiger partial charge on any atom is -0.456 e. The number of aromatic nitrogens is 1. The molecule has 0 saturated heterocycles. The van der Waals surface area contributed by atoms with Gasteiger partial charge in [-0.2, -0.15) is 0 Å². The highest BCUT2D eigenvalue weighted by Gasteiger charge is 2.38. The van der Waals surface area contributed by atoms with E-state index in [0.717, 1.165) is 27.9 Å². The van der Waals surface area contributed by atoms with Crippen molar-refractivity contribution >= 4 is 136 Å². The summed E-state index contributed by atoms with van der Waals surface area (Å²) in [4.78, 5) is 0. The van der Waals surface area contributed by atoms with Gasteiger partial charge in [0.05, 0.1) is 5.52 Å². The number of anilines is 2. The molecule has 319 valence electrons. The largest absolute Gasteiger partial charge is 0.456 e. The van der Waals surface area contributed by atoms with Crippen molar-refractivity contribution in [3.63, 3.8) is 0 Å². The van der Waals surface area contributed by atoms with Crippen LogP contribution in [0.1, 0.15) is 78.0 Å². The van der Waals surface area contributed by atoms with E-state index in [1.807, 2.05) is 22.7 Å². The van der Waals surface area contributed by atoms with Crippen LogP contribution in [0.2, 0.25) is 0 Å². The van der Waals surface area contributed by atoms with Crippen LogP contribution in [-0.4, -0.2) is 11.8 Å². The average molecular weight is 888 g/mol. The molecule has 1 aliphatic heterocycles. The summed E-state index contributed by atoms with van der Waals surface area (Å²) >= 11 is 3.82. The molecular weight excluding hydrogens is 840 g/mol. The third kappa shape index (κ3) is 5.43. The average Bonchev–Trinajstić information content (AvgIpc) is 4.05. The lowest BCUT2D eigenvalue weighted by molar-refractivity contribution is 0.332. The highest BCUT2D eigenvalue weighted by atomic mass is 32.1. The number of benzene rings is 8. The van der Waals surface area contributed by atoms with Crippen molar-refractivity contribution in [2.24, 2.45) is 0 Å². The summed E-state index contributed by atoms with van der Waals surface area (Å²) in [5.74, 6) is 0. The molecule has 5 heterocycles. The molecule has 66 heavy (non-hydrogen) atoms. The summed E-state index contributed by atoms with van der Waals surface area (Å²) in [6.45, 7) is 16.6. The first-order valence-corrected chi connectivity index (χ1v) is 25.1. The van der Waals surface area contributed by atoms with Crippen molar-refractivity contribution in [2.75, 3.05) is 5.32 Å². The summed E-state index contributed by atoms with van der Waals surface area (Å²) in [7, 11) is 2.49. The van der Waals surface area contributed by atoms with Crippen molar-refractivity contribution < 1.29 is 4.42 Å². The van der Waals surface area contributed by atoms with Crippen molar-refractivity contribution in [2.45, 2.75) is 77.6 Å². The molecule has 4 aromatic heterocycles. The number of hydrogen-bond acceptors (Lipinski definition) is 4. The third-order valence-corrected chi connectivity index (χ3v) is 17.7. The monoisotopic (exact) mass is 887 g/mol. The molecule has 14 rings (SSSR count). The van der Waals surface area contributed by atoms with Crippen molar-refractivity contribution in [3.8, 4) is 16.8 Å². The number of para-hydroxylation sites is 1. The highest BCUT2D eigenvalue weighted by Crippen LogP contribution is 2.51. The van der Waals surface area contributed by atoms with E-state index >= 15 is 0 Å². The highest BCUT2D eigenvalue weighted by molar-refractivity contribution is 7.26. The first-order valence-electron chi connectivity index (χ1n) is 23.4. The van der Waals surface area contributed by atoms with Crippen LogP contribution in [0.4, 0.5) is 11.4 Å². The normalized spacial score (nSPS) is 15.4. The Hall–Kier alpha value is -6.34. The molecule has 0 amide bonds. The zero-order chi connectivity index (χ0) is 44.6. The standard InChI is InChI=1S/C60H48BN2OS2/c1-58(2,3)32-16-18-33(19-17-32)62-45-30-52-39(40-27-42-43(29-51(40)66-52)60(6,7)25-24-59(42,4)5)26-38(45)35-20-21-37-54-46(22-23-49-55(54)36-13-8-10-14-48(36)64-49)63-47-31-53-41(28-44(47)61-56(35)57(37)63)34-12-9-11-15-50(34)65-53/h8-23,26-31,62H,24-25H2,1-7H3. The first-order chi connectivity index (χ1) is 31.8. The second-order valence-electron chi connectivity index (χ2n) is 21.4. The van der Waals surface area contributed by atoms with E-state index in [2.05, 4.69) is 199 Å². The Bertz CT molecular complexity index is 4090. The minimum absolute atomic E-state index is 0.0693. The zero-order valence-corrected chi connectivity index (χ0v) is 40.0. The lowest BCUT2D eigenvalue weighted by atomic mass is 9.59. The molecule has 0 unspecified atom stereocenters. The Morgan fingerprint density at radius 2 is 1.26 bits per heavy atom. The first kappa shape index (κ1) is 38.9. The molecule has 6 heteroatoms. The van der Waals surface area contributed by atoms with Crippen molar-refractivity contribution in [3.05, 3.63) is 150 Å². The van der Waals surface area contributed by atoms with Crippen LogP contribution in [0.5, 0.6) is 0 Å². The SMILES string of the molecule is CC(C)(C)c1ccc(Nc2cc3sc4cc5c(cc4c3cc2-c2ccc3c4c6c(ccc4n4c3c2[B]c2cc3c(cc2-4)sc2ccccc23)oc2ccccc26)C(C)(C)CCC5(C)C)cc1. The fourth-order valence-corrected chi connectivity index (χ4v) is 14.0. The Morgan fingerprint density at radius 3 is 2.06 bits per heavy atom. The second-order valence-corrected chi connectivity index (χ2v) is 23.6. The molecule has 0 spiro atoms. The smallest absolute Gasteiger partial charge is 0.197 e. The summed E-state index contributed by atoms with van der Waals surface area (Å²) in [5.41, 5.74) is 17.3. The van der Waals surface area contributed by atoms with Gasteiger partial charge >= 0.3 is 0 Å².